The second-order valence-corrected chi connectivity index (χ2v) is 6.28. The summed E-state index contributed by atoms with van der Waals surface area (Å²) in [6.07, 6.45) is 0.349. The number of ether oxygens (including phenoxy) is 2. The number of hydrogen-bond donors (Lipinski definition) is 1. The van der Waals surface area contributed by atoms with Crippen molar-refractivity contribution >= 4 is 23.5 Å². The highest BCUT2D eigenvalue weighted by molar-refractivity contribution is 6.04. The SMILES string of the molecule is Cc1nc(OCCNC(=O)CN2C(=O)CCC2=O)cc(N2CCOCC2)n1. The minimum absolute atomic E-state index is 0.174. The highest BCUT2D eigenvalue weighted by Gasteiger charge is 2.30. The van der Waals surface area contributed by atoms with Gasteiger partial charge in [-0.05, 0) is 6.92 Å². The van der Waals surface area contributed by atoms with Crippen LogP contribution in [0.15, 0.2) is 6.07 Å². The van der Waals surface area contributed by atoms with Crippen molar-refractivity contribution in [2.75, 3.05) is 50.9 Å². The minimum atomic E-state index is -0.393. The zero-order valence-electron chi connectivity index (χ0n) is 15.3. The predicted molar refractivity (Wildman–Crippen MR) is 94.3 cm³/mol. The van der Waals surface area contributed by atoms with E-state index in [4.69, 9.17) is 9.47 Å². The van der Waals surface area contributed by atoms with Crippen molar-refractivity contribution in [3.8, 4) is 5.88 Å². The number of amides is 3. The summed E-state index contributed by atoms with van der Waals surface area (Å²) in [6.45, 7) is 4.85. The Bertz CT molecular complexity index is 704. The topological polar surface area (TPSA) is 114 Å². The number of morpholine rings is 1. The molecule has 2 fully saturated rings. The predicted octanol–water partition coefficient (Wildman–Crippen LogP) is -0.734. The number of nitrogens with one attached hydrogen (secondary N) is 1. The smallest absolute Gasteiger partial charge is 0.240 e. The lowest BCUT2D eigenvalue weighted by Gasteiger charge is -2.28. The summed E-state index contributed by atoms with van der Waals surface area (Å²) in [4.78, 5) is 46.6. The third-order valence-electron chi connectivity index (χ3n) is 4.27. The van der Waals surface area contributed by atoms with Crippen molar-refractivity contribution < 1.29 is 23.9 Å². The molecule has 0 unspecified atom stereocenters. The Hall–Kier alpha value is -2.75. The molecule has 0 spiro atoms. The third-order valence-corrected chi connectivity index (χ3v) is 4.27. The van der Waals surface area contributed by atoms with E-state index in [9.17, 15) is 14.4 Å². The number of hydrogen-bond acceptors (Lipinski definition) is 8. The Morgan fingerprint density at radius 1 is 1.22 bits per heavy atom. The van der Waals surface area contributed by atoms with Gasteiger partial charge in [0, 0.05) is 32.0 Å². The van der Waals surface area contributed by atoms with Gasteiger partial charge in [-0.3, -0.25) is 19.3 Å². The average molecular weight is 377 g/mol. The van der Waals surface area contributed by atoms with Gasteiger partial charge in [0.15, 0.2) is 0 Å². The molecule has 146 valence electrons. The maximum atomic E-state index is 11.9. The van der Waals surface area contributed by atoms with E-state index in [1.165, 1.54) is 0 Å². The molecule has 3 rings (SSSR count). The lowest BCUT2D eigenvalue weighted by Crippen LogP contribution is -2.41. The second kappa shape index (κ2) is 8.76. The van der Waals surface area contributed by atoms with Gasteiger partial charge >= 0.3 is 0 Å². The molecule has 2 aliphatic rings. The first kappa shape index (κ1) is 19.0. The minimum Gasteiger partial charge on any atom is -0.476 e. The van der Waals surface area contributed by atoms with Crippen LogP contribution >= 0.6 is 0 Å². The summed E-state index contributed by atoms with van der Waals surface area (Å²) in [6, 6.07) is 1.77. The molecule has 2 aliphatic heterocycles. The van der Waals surface area contributed by atoms with Gasteiger partial charge in [-0.25, -0.2) is 4.98 Å². The van der Waals surface area contributed by atoms with Gasteiger partial charge in [0.05, 0.1) is 19.8 Å². The van der Waals surface area contributed by atoms with Gasteiger partial charge in [-0.2, -0.15) is 4.98 Å². The lowest BCUT2D eigenvalue weighted by molar-refractivity contribution is -0.142. The normalized spacial score (nSPS) is 17.4. The van der Waals surface area contributed by atoms with Gasteiger partial charge in [-0.1, -0.05) is 0 Å². The largest absolute Gasteiger partial charge is 0.476 e. The quantitative estimate of drug-likeness (QED) is 0.488. The number of aromatic nitrogens is 2. The van der Waals surface area contributed by atoms with E-state index in [1.807, 2.05) is 0 Å². The van der Waals surface area contributed by atoms with Crippen molar-refractivity contribution in [1.29, 1.82) is 0 Å². The fourth-order valence-corrected chi connectivity index (χ4v) is 2.90. The first-order valence-corrected chi connectivity index (χ1v) is 8.94. The van der Waals surface area contributed by atoms with Crippen LogP contribution in [-0.2, 0) is 19.1 Å². The van der Waals surface area contributed by atoms with Crippen LogP contribution in [0.5, 0.6) is 5.88 Å². The van der Waals surface area contributed by atoms with Crippen LogP contribution in [-0.4, -0.2) is 78.6 Å². The van der Waals surface area contributed by atoms with Crippen LogP contribution in [0, 0.1) is 6.92 Å². The maximum absolute atomic E-state index is 11.9. The summed E-state index contributed by atoms with van der Waals surface area (Å²) in [5.41, 5.74) is 0. The van der Waals surface area contributed by atoms with Crippen LogP contribution in [0.3, 0.4) is 0 Å². The number of carbonyl (C=O) groups excluding carboxylic acids is 3. The van der Waals surface area contributed by atoms with Gasteiger partial charge in [-0.15, -0.1) is 0 Å². The molecule has 1 N–H and O–H groups in total. The molecule has 27 heavy (non-hydrogen) atoms. The highest BCUT2D eigenvalue weighted by Crippen LogP contribution is 2.18. The highest BCUT2D eigenvalue weighted by atomic mass is 16.5. The number of aryl methyl sites for hydroxylation is 1. The molecule has 10 heteroatoms. The van der Waals surface area contributed by atoms with Crippen molar-refractivity contribution in [3.63, 3.8) is 0 Å². The standard InChI is InChI=1S/C17H23N5O5/c1-12-19-13(21-5-8-26-9-6-21)10-15(20-12)27-7-4-18-14(23)11-22-16(24)2-3-17(22)25/h10H,2-9,11H2,1H3,(H,18,23). The summed E-state index contributed by atoms with van der Waals surface area (Å²) < 4.78 is 11.0. The Labute approximate surface area is 156 Å². The molecule has 10 nitrogen and oxygen atoms in total. The fraction of sp³-hybridized carbons (Fsp3) is 0.588. The number of rotatable bonds is 7. The van der Waals surface area contributed by atoms with Crippen molar-refractivity contribution in [2.24, 2.45) is 0 Å². The lowest BCUT2D eigenvalue weighted by atomic mass is 10.4. The monoisotopic (exact) mass is 377 g/mol. The first-order valence-electron chi connectivity index (χ1n) is 8.94. The molecular weight excluding hydrogens is 354 g/mol. The summed E-state index contributed by atoms with van der Waals surface area (Å²) in [7, 11) is 0. The van der Waals surface area contributed by atoms with E-state index in [2.05, 4.69) is 20.2 Å². The van der Waals surface area contributed by atoms with Gasteiger partial charge in [0.2, 0.25) is 23.6 Å². The maximum Gasteiger partial charge on any atom is 0.240 e. The van der Waals surface area contributed by atoms with E-state index in [-0.39, 0.29) is 44.4 Å². The Kier molecular flexibility index (Phi) is 6.17. The number of likely N-dealkylation sites (tertiary alicyclic amines) is 1. The van der Waals surface area contributed by atoms with Crippen LogP contribution in [0.2, 0.25) is 0 Å². The van der Waals surface area contributed by atoms with Crippen molar-refractivity contribution in [1.82, 2.24) is 20.2 Å². The molecule has 0 bridgehead atoms. The first-order chi connectivity index (χ1) is 13.0. The average Bonchev–Trinajstić information content (AvgIpc) is 2.97. The van der Waals surface area contributed by atoms with E-state index < -0.39 is 5.91 Å². The number of imide groups is 1. The molecule has 2 saturated heterocycles. The molecule has 3 heterocycles. The fourth-order valence-electron chi connectivity index (χ4n) is 2.90. The Morgan fingerprint density at radius 2 is 1.93 bits per heavy atom. The third kappa shape index (κ3) is 5.13. The second-order valence-electron chi connectivity index (χ2n) is 6.28. The van der Waals surface area contributed by atoms with E-state index in [0.717, 1.165) is 23.8 Å². The number of carbonyl (C=O) groups is 3. The molecule has 3 amide bonds. The van der Waals surface area contributed by atoms with E-state index in [1.54, 1.807) is 13.0 Å². The van der Waals surface area contributed by atoms with E-state index in [0.29, 0.717) is 24.9 Å². The summed E-state index contributed by atoms with van der Waals surface area (Å²) in [5, 5.41) is 2.63. The van der Waals surface area contributed by atoms with Crippen LogP contribution in [0.1, 0.15) is 18.7 Å². The molecule has 0 aliphatic carbocycles. The molecule has 1 aromatic rings. The van der Waals surface area contributed by atoms with E-state index >= 15 is 0 Å². The molecule has 1 aromatic heterocycles. The van der Waals surface area contributed by atoms with Gasteiger partial charge in [0.25, 0.3) is 0 Å². The van der Waals surface area contributed by atoms with Crippen LogP contribution < -0.4 is 15.0 Å². The number of nitrogens with zero attached hydrogens (tertiary/aromatic N) is 4. The van der Waals surface area contributed by atoms with Crippen LogP contribution in [0.25, 0.3) is 0 Å². The van der Waals surface area contributed by atoms with Crippen molar-refractivity contribution in [2.45, 2.75) is 19.8 Å². The Morgan fingerprint density at radius 3 is 2.63 bits per heavy atom. The van der Waals surface area contributed by atoms with Gasteiger partial charge < -0.3 is 19.7 Å². The zero-order valence-corrected chi connectivity index (χ0v) is 15.3. The van der Waals surface area contributed by atoms with Crippen LogP contribution in [0.4, 0.5) is 5.82 Å². The number of anilines is 1. The van der Waals surface area contributed by atoms with Gasteiger partial charge in [0.1, 0.15) is 24.8 Å². The summed E-state index contributed by atoms with van der Waals surface area (Å²) >= 11 is 0. The molecular formula is C17H23N5O5. The van der Waals surface area contributed by atoms with Crippen molar-refractivity contribution in [3.05, 3.63) is 11.9 Å². The molecule has 0 aromatic carbocycles. The Balaban J connectivity index is 1.44. The summed E-state index contributed by atoms with van der Waals surface area (Å²) in [5.74, 6) is 0.815. The molecule has 0 radical (unpaired) electrons. The zero-order chi connectivity index (χ0) is 19.2. The molecule has 0 saturated carbocycles. The molecule has 0 atom stereocenters.